The van der Waals surface area contributed by atoms with Crippen molar-refractivity contribution in [1.29, 1.82) is 0 Å². The number of nitrogens with two attached hydrogens (primary N) is 1. The van der Waals surface area contributed by atoms with Crippen molar-refractivity contribution in [1.82, 2.24) is 5.32 Å². The smallest absolute Gasteiger partial charge is 0.230 e. The van der Waals surface area contributed by atoms with Crippen LogP contribution in [0.3, 0.4) is 0 Å². The van der Waals surface area contributed by atoms with Crippen LogP contribution < -0.4 is 11.1 Å². The minimum Gasteiger partial charge on any atom is -0.351 e. The van der Waals surface area contributed by atoms with Crippen LogP contribution in [0.5, 0.6) is 0 Å². The first-order chi connectivity index (χ1) is 7.90. The number of carbonyl (C=O) groups is 1. The summed E-state index contributed by atoms with van der Waals surface area (Å²) in [7, 11) is 0. The molecule has 0 aromatic heterocycles. The molecule has 0 saturated heterocycles. The lowest BCUT2D eigenvalue weighted by Crippen LogP contribution is -2.41. The van der Waals surface area contributed by atoms with Crippen molar-refractivity contribution in [3.63, 3.8) is 0 Å². The monoisotopic (exact) mass is 252 g/mol. The average Bonchev–Trinajstić information content (AvgIpc) is 2.25. The summed E-state index contributed by atoms with van der Waals surface area (Å²) in [5.41, 5.74) is 6.46. The van der Waals surface area contributed by atoms with Crippen molar-refractivity contribution >= 4 is 17.7 Å². The van der Waals surface area contributed by atoms with Gasteiger partial charge < -0.3 is 11.1 Å². The summed E-state index contributed by atoms with van der Waals surface area (Å²) in [5, 5.41) is 2.93. The molecule has 0 aliphatic heterocycles. The largest absolute Gasteiger partial charge is 0.351 e. The minimum atomic E-state index is -0.166. The van der Waals surface area contributed by atoms with Crippen LogP contribution in [0.25, 0.3) is 0 Å². The van der Waals surface area contributed by atoms with E-state index in [4.69, 9.17) is 5.73 Å². The maximum absolute atomic E-state index is 11.6. The van der Waals surface area contributed by atoms with Gasteiger partial charge in [0.1, 0.15) is 0 Å². The van der Waals surface area contributed by atoms with Gasteiger partial charge in [-0.2, -0.15) is 0 Å². The molecule has 0 heterocycles. The molecule has 0 saturated carbocycles. The third kappa shape index (κ3) is 5.75. The lowest BCUT2D eigenvalue weighted by molar-refractivity contribution is -0.119. The number of hydrogen-bond donors (Lipinski definition) is 2. The highest BCUT2D eigenvalue weighted by Crippen LogP contribution is 2.18. The van der Waals surface area contributed by atoms with Crippen LogP contribution in [-0.4, -0.2) is 17.2 Å². The Morgan fingerprint density at radius 1 is 1.29 bits per heavy atom. The van der Waals surface area contributed by atoms with Crippen molar-refractivity contribution in [3.05, 3.63) is 29.8 Å². The van der Waals surface area contributed by atoms with E-state index < -0.39 is 0 Å². The summed E-state index contributed by atoms with van der Waals surface area (Å²) in [4.78, 5) is 12.7. The fraction of sp³-hybridized carbons (Fsp3) is 0.462. The second-order valence-electron chi connectivity index (χ2n) is 4.93. The third-order valence-electron chi connectivity index (χ3n) is 2.04. The molecule has 4 heteroatoms. The molecule has 94 valence electrons. The molecule has 0 radical (unpaired) electrons. The van der Waals surface area contributed by atoms with Crippen molar-refractivity contribution in [3.8, 4) is 0 Å². The standard InChI is InChI=1S/C13H20N2OS/c1-13(2,3)15-12(16)9-17-11-6-4-10(8-14)5-7-11/h4-7H,8-9,14H2,1-3H3,(H,15,16). The maximum Gasteiger partial charge on any atom is 0.230 e. The summed E-state index contributed by atoms with van der Waals surface area (Å²) >= 11 is 1.54. The third-order valence-corrected chi connectivity index (χ3v) is 3.06. The molecule has 3 N–H and O–H groups in total. The van der Waals surface area contributed by atoms with Gasteiger partial charge in [0.25, 0.3) is 0 Å². The van der Waals surface area contributed by atoms with E-state index in [0.29, 0.717) is 12.3 Å². The topological polar surface area (TPSA) is 55.1 Å². The van der Waals surface area contributed by atoms with Crippen molar-refractivity contribution in [2.45, 2.75) is 37.8 Å². The highest BCUT2D eigenvalue weighted by molar-refractivity contribution is 8.00. The van der Waals surface area contributed by atoms with Gasteiger partial charge in [0.05, 0.1) is 5.75 Å². The molecule has 0 aliphatic carbocycles. The van der Waals surface area contributed by atoms with Crippen molar-refractivity contribution < 1.29 is 4.79 Å². The van der Waals surface area contributed by atoms with E-state index in [0.717, 1.165) is 10.5 Å². The predicted octanol–water partition coefficient (Wildman–Crippen LogP) is 2.15. The molecule has 0 fully saturated rings. The number of carbonyl (C=O) groups excluding carboxylic acids is 1. The number of benzene rings is 1. The second kappa shape index (κ2) is 6.07. The Kier molecular flexibility index (Phi) is 5.02. The lowest BCUT2D eigenvalue weighted by Gasteiger charge is -2.20. The van der Waals surface area contributed by atoms with Gasteiger partial charge in [-0.25, -0.2) is 0 Å². The Morgan fingerprint density at radius 2 is 1.88 bits per heavy atom. The number of hydrogen-bond acceptors (Lipinski definition) is 3. The van der Waals surface area contributed by atoms with Gasteiger partial charge in [-0.15, -0.1) is 11.8 Å². The van der Waals surface area contributed by atoms with Gasteiger partial charge in [-0.3, -0.25) is 4.79 Å². The van der Waals surface area contributed by atoms with E-state index in [1.54, 1.807) is 0 Å². The van der Waals surface area contributed by atoms with Gasteiger partial charge in [0.2, 0.25) is 5.91 Å². The highest BCUT2D eigenvalue weighted by atomic mass is 32.2. The molecule has 0 spiro atoms. The molecule has 0 unspecified atom stereocenters. The van der Waals surface area contributed by atoms with Crippen LogP contribution in [0.4, 0.5) is 0 Å². The van der Waals surface area contributed by atoms with E-state index in [1.165, 1.54) is 11.8 Å². The molecular weight excluding hydrogens is 232 g/mol. The second-order valence-corrected chi connectivity index (χ2v) is 5.98. The highest BCUT2D eigenvalue weighted by Gasteiger charge is 2.13. The Bertz CT molecular complexity index is 368. The normalized spacial score (nSPS) is 11.3. The van der Waals surface area contributed by atoms with Crippen molar-refractivity contribution in [2.24, 2.45) is 5.73 Å². The first kappa shape index (κ1) is 14.1. The Hall–Kier alpha value is -1.00. The number of nitrogens with one attached hydrogen (secondary N) is 1. The Labute approximate surface area is 107 Å². The lowest BCUT2D eigenvalue weighted by atomic mass is 10.1. The molecule has 0 aliphatic rings. The van der Waals surface area contributed by atoms with Gasteiger partial charge in [-0.05, 0) is 38.5 Å². The fourth-order valence-electron chi connectivity index (χ4n) is 1.32. The molecule has 17 heavy (non-hydrogen) atoms. The van der Waals surface area contributed by atoms with Crippen LogP contribution in [0.15, 0.2) is 29.2 Å². The number of thioether (sulfide) groups is 1. The molecule has 1 rings (SSSR count). The predicted molar refractivity (Wildman–Crippen MR) is 73.0 cm³/mol. The zero-order valence-electron chi connectivity index (χ0n) is 10.6. The maximum atomic E-state index is 11.6. The van der Waals surface area contributed by atoms with Gasteiger partial charge >= 0.3 is 0 Å². The quantitative estimate of drug-likeness (QED) is 0.807. The summed E-state index contributed by atoms with van der Waals surface area (Å²) in [6, 6.07) is 7.97. The summed E-state index contributed by atoms with van der Waals surface area (Å²) in [6.45, 7) is 6.48. The molecule has 1 aromatic carbocycles. The zero-order valence-corrected chi connectivity index (χ0v) is 11.4. The zero-order chi connectivity index (χ0) is 12.9. The van der Waals surface area contributed by atoms with Gasteiger partial charge in [0, 0.05) is 17.0 Å². The SMILES string of the molecule is CC(C)(C)NC(=O)CSc1ccc(CN)cc1. The first-order valence-electron chi connectivity index (χ1n) is 5.63. The van der Waals surface area contributed by atoms with Crippen LogP contribution in [0.1, 0.15) is 26.3 Å². The van der Waals surface area contributed by atoms with Crippen LogP contribution in [0, 0.1) is 0 Å². The number of rotatable bonds is 4. The fourth-order valence-corrected chi connectivity index (χ4v) is 2.02. The molecule has 1 aromatic rings. The molecular formula is C13H20N2OS. The van der Waals surface area contributed by atoms with E-state index in [2.05, 4.69) is 5.32 Å². The first-order valence-corrected chi connectivity index (χ1v) is 6.62. The minimum absolute atomic E-state index is 0.0606. The summed E-state index contributed by atoms with van der Waals surface area (Å²) in [6.07, 6.45) is 0. The van der Waals surface area contributed by atoms with E-state index in [1.807, 2.05) is 45.0 Å². The molecule has 3 nitrogen and oxygen atoms in total. The summed E-state index contributed by atoms with van der Waals surface area (Å²) in [5.74, 6) is 0.504. The van der Waals surface area contributed by atoms with Gasteiger partial charge in [0.15, 0.2) is 0 Å². The average molecular weight is 252 g/mol. The van der Waals surface area contributed by atoms with Crippen LogP contribution in [0.2, 0.25) is 0 Å². The molecule has 0 atom stereocenters. The Balaban J connectivity index is 2.42. The van der Waals surface area contributed by atoms with E-state index >= 15 is 0 Å². The summed E-state index contributed by atoms with van der Waals surface area (Å²) < 4.78 is 0. The van der Waals surface area contributed by atoms with E-state index in [-0.39, 0.29) is 11.4 Å². The van der Waals surface area contributed by atoms with Gasteiger partial charge in [-0.1, -0.05) is 12.1 Å². The van der Waals surface area contributed by atoms with Crippen LogP contribution >= 0.6 is 11.8 Å². The van der Waals surface area contributed by atoms with Crippen LogP contribution in [-0.2, 0) is 11.3 Å². The Morgan fingerprint density at radius 3 is 2.35 bits per heavy atom. The van der Waals surface area contributed by atoms with E-state index in [9.17, 15) is 4.79 Å². The van der Waals surface area contributed by atoms with Crippen molar-refractivity contribution in [2.75, 3.05) is 5.75 Å². The number of amides is 1. The molecule has 0 bridgehead atoms. The molecule has 1 amide bonds.